The van der Waals surface area contributed by atoms with Gasteiger partial charge in [-0.15, -0.1) is 0 Å². The molecule has 1 aliphatic rings. The number of hydrogen-bond donors (Lipinski definition) is 1. The Labute approximate surface area is 168 Å². The summed E-state index contributed by atoms with van der Waals surface area (Å²) in [5.41, 5.74) is 0. The summed E-state index contributed by atoms with van der Waals surface area (Å²) in [5.74, 6) is -0.750. The minimum atomic E-state index is -4.05. The fourth-order valence-electron chi connectivity index (χ4n) is 2.78. The molecule has 0 spiro atoms. The average molecular weight is 442 g/mol. The zero-order valence-electron chi connectivity index (χ0n) is 15.4. The summed E-state index contributed by atoms with van der Waals surface area (Å²) in [7, 11) is -6.20. The van der Waals surface area contributed by atoms with Gasteiger partial charge in [0.1, 0.15) is 16.8 Å². The largest absolute Gasteiger partial charge is 0.497 e. The van der Waals surface area contributed by atoms with E-state index in [-0.39, 0.29) is 22.9 Å². The van der Waals surface area contributed by atoms with E-state index < -0.39 is 43.4 Å². The van der Waals surface area contributed by atoms with Crippen molar-refractivity contribution in [2.75, 3.05) is 26.7 Å². The van der Waals surface area contributed by atoms with E-state index in [9.17, 15) is 26.0 Å². The molecule has 1 aliphatic heterocycles. The number of hydrogen-bond acceptors (Lipinski definition) is 6. The molecular weight excluding hydrogens is 423 g/mol. The molecule has 1 N–H and O–H groups in total. The smallest absolute Gasteiger partial charge is 0.241 e. The number of benzene rings is 2. The molecule has 0 bridgehead atoms. The number of likely N-dealkylation sites (tertiary alicyclic amines) is 1. The number of carbonyl (C=O) groups excluding carboxylic acids is 1. The molecule has 156 valence electrons. The Hall–Kier alpha value is -2.50. The van der Waals surface area contributed by atoms with Gasteiger partial charge in [0.25, 0.3) is 0 Å². The third kappa shape index (κ3) is 4.57. The minimum absolute atomic E-state index is 0.0328. The summed E-state index contributed by atoms with van der Waals surface area (Å²) in [6.45, 7) is -0.613. The Kier molecular flexibility index (Phi) is 5.92. The second-order valence-electron chi connectivity index (χ2n) is 6.42. The summed E-state index contributed by atoms with van der Waals surface area (Å²) in [6, 6.07) is 10.3. The quantitative estimate of drug-likeness (QED) is 0.679. The van der Waals surface area contributed by atoms with Crippen molar-refractivity contribution in [2.24, 2.45) is 0 Å². The number of rotatable bonds is 7. The molecule has 11 heteroatoms. The van der Waals surface area contributed by atoms with E-state index in [4.69, 9.17) is 4.74 Å². The highest BCUT2D eigenvalue weighted by Crippen LogP contribution is 2.25. The van der Waals surface area contributed by atoms with Gasteiger partial charge in [-0.25, -0.2) is 25.9 Å². The molecular formula is C18H19FN2O6S2. The molecule has 0 aliphatic carbocycles. The molecule has 2 aromatic rings. The Morgan fingerprint density at radius 1 is 1.10 bits per heavy atom. The summed E-state index contributed by atoms with van der Waals surface area (Å²) in [4.78, 5) is 13.3. The van der Waals surface area contributed by atoms with Gasteiger partial charge in [-0.3, -0.25) is 4.79 Å². The zero-order chi connectivity index (χ0) is 21.2. The van der Waals surface area contributed by atoms with Crippen LogP contribution in [0.4, 0.5) is 4.39 Å². The molecule has 3 rings (SSSR count). The third-order valence-electron chi connectivity index (χ3n) is 4.55. The average Bonchev–Trinajstić information content (AvgIpc) is 2.65. The van der Waals surface area contributed by atoms with Crippen LogP contribution in [0.3, 0.4) is 0 Å². The number of amides is 1. The van der Waals surface area contributed by atoms with E-state index in [2.05, 4.69) is 4.72 Å². The molecule has 1 heterocycles. The highest BCUT2D eigenvalue weighted by atomic mass is 32.2. The Balaban J connectivity index is 1.57. The number of sulfonamides is 1. The van der Waals surface area contributed by atoms with E-state index in [0.29, 0.717) is 5.75 Å². The Morgan fingerprint density at radius 2 is 1.76 bits per heavy atom. The number of sulfone groups is 1. The highest BCUT2D eigenvalue weighted by Gasteiger charge is 2.40. The lowest BCUT2D eigenvalue weighted by Crippen LogP contribution is -2.58. The van der Waals surface area contributed by atoms with E-state index >= 15 is 0 Å². The maximum Gasteiger partial charge on any atom is 0.241 e. The van der Waals surface area contributed by atoms with Crippen LogP contribution >= 0.6 is 0 Å². The highest BCUT2D eigenvalue weighted by molar-refractivity contribution is 7.92. The number of nitrogens with one attached hydrogen (secondary N) is 1. The maximum atomic E-state index is 13.2. The van der Waals surface area contributed by atoms with Gasteiger partial charge in [-0.2, -0.15) is 0 Å². The van der Waals surface area contributed by atoms with Crippen LogP contribution in [0, 0.1) is 5.82 Å². The summed E-state index contributed by atoms with van der Waals surface area (Å²) in [5, 5.41) is -0.764. The van der Waals surface area contributed by atoms with Crippen LogP contribution in [0.25, 0.3) is 0 Å². The van der Waals surface area contributed by atoms with Crippen molar-refractivity contribution in [1.29, 1.82) is 0 Å². The van der Waals surface area contributed by atoms with Crippen LogP contribution in [0.2, 0.25) is 0 Å². The number of carbonyl (C=O) groups is 1. The van der Waals surface area contributed by atoms with Gasteiger partial charge in [0.05, 0.1) is 23.4 Å². The fourth-order valence-corrected chi connectivity index (χ4v) is 5.44. The van der Waals surface area contributed by atoms with Crippen LogP contribution in [0.1, 0.15) is 0 Å². The van der Waals surface area contributed by atoms with E-state index in [1.54, 1.807) is 0 Å². The van der Waals surface area contributed by atoms with E-state index in [1.165, 1.54) is 48.4 Å². The molecule has 1 saturated heterocycles. The lowest BCUT2D eigenvalue weighted by atomic mass is 10.2. The molecule has 0 unspecified atom stereocenters. The van der Waals surface area contributed by atoms with Gasteiger partial charge >= 0.3 is 0 Å². The van der Waals surface area contributed by atoms with Gasteiger partial charge in [0.15, 0.2) is 9.84 Å². The summed E-state index contributed by atoms with van der Waals surface area (Å²) >= 11 is 0. The zero-order valence-corrected chi connectivity index (χ0v) is 17.0. The first-order chi connectivity index (χ1) is 13.6. The molecule has 0 atom stereocenters. The topological polar surface area (TPSA) is 110 Å². The molecule has 1 fully saturated rings. The molecule has 0 radical (unpaired) electrons. The predicted molar refractivity (Wildman–Crippen MR) is 102 cm³/mol. The molecule has 2 aromatic carbocycles. The van der Waals surface area contributed by atoms with Crippen molar-refractivity contribution >= 4 is 25.8 Å². The van der Waals surface area contributed by atoms with Crippen molar-refractivity contribution in [3.05, 3.63) is 54.3 Å². The van der Waals surface area contributed by atoms with Crippen LogP contribution < -0.4 is 9.46 Å². The Bertz CT molecular complexity index is 1110. The number of nitrogens with zero attached hydrogens (tertiary/aromatic N) is 1. The van der Waals surface area contributed by atoms with Gasteiger partial charge in [0, 0.05) is 13.1 Å². The van der Waals surface area contributed by atoms with Crippen molar-refractivity contribution in [2.45, 2.75) is 15.0 Å². The van der Waals surface area contributed by atoms with E-state index in [0.717, 1.165) is 12.1 Å². The molecule has 29 heavy (non-hydrogen) atoms. The van der Waals surface area contributed by atoms with Crippen LogP contribution in [0.15, 0.2) is 58.3 Å². The Morgan fingerprint density at radius 3 is 2.34 bits per heavy atom. The summed E-state index contributed by atoms with van der Waals surface area (Å²) in [6.07, 6.45) is 0. The fraction of sp³-hybridized carbons (Fsp3) is 0.278. The van der Waals surface area contributed by atoms with Gasteiger partial charge in [0.2, 0.25) is 15.9 Å². The number of methoxy groups -OCH3 is 1. The lowest BCUT2D eigenvalue weighted by molar-refractivity contribution is -0.133. The normalized spacial score (nSPS) is 15.0. The van der Waals surface area contributed by atoms with E-state index in [1.807, 2.05) is 0 Å². The molecule has 1 amide bonds. The molecule has 0 aromatic heterocycles. The maximum absolute atomic E-state index is 13.2. The first kappa shape index (κ1) is 21.2. The monoisotopic (exact) mass is 442 g/mol. The first-order valence-corrected chi connectivity index (χ1v) is 11.6. The molecule has 8 nitrogen and oxygen atoms in total. The first-order valence-electron chi connectivity index (χ1n) is 8.54. The van der Waals surface area contributed by atoms with Crippen molar-refractivity contribution in [3.63, 3.8) is 0 Å². The van der Waals surface area contributed by atoms with Gasteiger partial charge in [-0.1, -0.05) is 6.07 Å². The molecule has 0 saturated carbocycles. The van der Waals surface area contributed by atoms with Crippen molar-refractivity contribution in [3.8, 4) is 5.75 Å². The van der Waals surface area contributed by atoms with Gasteiger partial charge < -0.3 is 9.64 Å². The second-order valence-corrected chi connectivity index (χ2v) is 10.4. The third-order valence-corrected chi connectivity index (χ3v) is 8.05. The second kappa shape index (κ2) is 8.09. The SMILES string of the molecule is COc1ccc(S(=O)(=O)C2CN(C(=O)CNS(=O)(=O)c3cccc(F)c3)C2)cc1. The van der Waals surface area contributed by atoms with Gasteiger partial charge in [-0.05, 0) is 42.5 Å². The minimum Gasteiger partial charge on any atom is -0.497 e. The lowest BCUT2D eigenvalue weighted by Gasteiger charge is -2.38. The number of halogens is 1. The summed E-state index contributed by atoms with van der Waals surface area (Å²) < 4.78 is 69.7. The van der Waals surface area contributed by atoms with Crippen LogP contribution in [-0.2, 0) is 24.7 Å². The number of ether oxygens (including phenoxy) is 1. The van der Waals surface area contributed by atoms with Crippen molar-refractivity contribution < 1.29 is 30.8 Å². The van der Waals surface area contributed by atoms with Crippen molar-refractivity contribution in [1.82, 2.24) is 9.62 Å². The standard InChI is InChI=1S/C18H19FN2O6S2/c1-27-14-5-7-15(8-6-14)28(23,24)17-11-21(12-17)18(22)10-20-29(25,26)16-4-2-3-13(19)9-16/h2-9,17,20H,10-12H2,1H3. The van der Waals surface area contributed by atoms with Crippen LogP contribution in [-0.4, -0.2) is 59.6 Å². The van der Waals surface area contributed by atoms with Crippen LogP contribution in [0.5, 0.6) is 5.75 Å². The predicted octanol–water partition coefficient (Wildman–Crippen LogP) is 0.797.